The number of phenolic OH excluding ortho intramolecular Hbond substituents is 2. The molecule has 7 nitrogen and oxygen atoms in total. The van der Waals surface area contributed by atoms with Crippen molar-refractivity contribution in [2.45, 2.75) is 24.9 Å². The van der Waals surface area contributed by atoms with Gasteiger partial charge in [-0.15, -0.1) is 0 Å². The van der Waals surface area contributed by atoms with E-state index in [0.29, 0.717) is 24.0 Å². The number of aromatic hydroxyl groups is 2. The van der Waals surface area contributed by atoms with E-state index in [2.05, 4.69) is 0 Å². The zero-order chi connectivity index (χ0) is 20.0. The van der Waals surface area contributed by atoms with Gasteiger partial charge in [0.25, 0.3) is 0 Å². The summed E-state index contributed by atoms with van der Waals surface area (Å²) in [6.45, 7) is -0.400. The Hall–Kier alpha value is -2.48. The highest BCUT2D eigenvalue weighted by Gasteiger charge is 2.27. The van der Waals surface area contributed by atoms with Crippen LogP contribution >= 0.6 is 0 Å². The Bertz CT molecular complexity index is 760. The number of benzene rings is 2. The van der Waals surface area contributed by atoms with Crippen LogP contribution in [0.1, 0.15) is 35.1 Å². The fourth-order valence-corrected chi connectivity index (χ4v) is 3.03. The second-order valence-corrected chi connectivity index (χ2v) is 6.23. The number of rotatable bonds is 9. The van der Waals surface area contributed by atoms with Crippen molar-refractivity contribution in [3.8, 4) is 23.0 Å². The van der Waals surface area contributed by atoms with Crippen molar-refractivity contribution in [3.05, 3.63) is 47.0 Å². The molecule has 0 bridgehead atoms. The molecule has 0 saturated heterocycles. The Balaban J connectivity index is 2.46. The zero-order valence-corrected chi connectivity index (χ0v) is 15.4. The van der Waals surface area contributed by atoms with E-state index in [1.165, 1.54) is 32.4 Å². The van der Waals surface area contributed by atoms with Gasteiger partial charge in [-0.2, -0.15) is 0 Å². The second kappa shape index (κ2) is 9.45. The number of aryl methyl sites for hydroxylation is 1. The Labute approximate surface area is 158 Å². The van der Waals surface area contributed by atoms with Gasteiger partial charge in [0.15, 0.2) is 23.0 Å². The van der Waals surface area contributed by atoms with Gasteiger partial charge in [-0.05, 0) is 42.2 Å². The van der Waals surface area contributed by atoms with Gasteiger partial charge >= 0.3 is 0 Å². The average Bonchev–Trinajstić information content (AvgIpc) is 2.68. The van der Waals surface area contributed by atoms with Crippen LogP contribution in [0.5, 0.6) is 23.0 Å². The maximum Gasteiger partial charge on any atom is 0.161 e. The molecular weight excluding hydrogens is 352 g/mol. The molecule has 2 aromatic rings. The fraction of sp³-hybridized carbons (Fsp3) is 0.400. The van der Waals surface area contributed by atoms with Crippen LogP contribution in [0.15, 0.2) is 30.3 Å². The fourth-order valence-electron chi connectivity index (χ4n) is 3.03. The molecule has 7 heteroatoms. The maximum atomic E-state index is 10.8. The molecule has 0 aliphatic heterocycles. The van der Waals surface area contributed by atoms with Gasteiger partial charge in [0.1, 0.15) is 0 Å². The van der Waals surface area contributed by atoms with Crippen LogP contribution in [0.25, 0.3) is 0 Å². The monoisotopic (exact) mass is 378 g/mol. The van der Waals surface area contributed by atoms with Crippen molar-refractivity contribution in [2.24, 2.45) is 0 Å². The predicted octanol–water partition coefficient (Wildman–Crippen LogP) is 1.85. The summed E-state index contributed by atoms with van der Waals surface area (Å²) < 4.78 is 10.3. The molecule has 27 heavy (non-hydrogen) atoms. The summed E-state index contributed by atoms with van der Waals surface area (Å²) in [5.41, 5.74) is 1.56. The number of aliphatic hydroxyl groups is 3. The van der Waals surface area contributed by atoms with Gasteiger partial charge in [-0.3, -0.25) is 0 Å². The van der Waals surface area contributed by atoms with Crippen LogP contribution in [0, 0.1) is 0 Å². The van der Waals surface area contributed by atoms with Gasteiger partial charge in [-0.25, -0.2) is 0 Å². The van der Waals surface area contributed by atoms with Crippen molar-refractivity contribution < 1.29 is 35.0 Å². The number of ether oxygens (including phenoxy) is 2. The Kier molecular flexibility index (Phi) is 7.29. The van der Waals surface area contributed by atoms with Crippen LogP contribution in [0.4, 0.5) is 0 Å². The van der Waals surface area contributed by atoms with Crippen molar-refractivity contribution in [3.63, 3.8) is 0 Å². The van der Waals surface area contributed by atoms with Crippen LogP contribution in [0.3, 0.4) is 0 Å². The molecular formula is C20H26O7. The van der Waals surface area contributed by atoms with Gasteiger partial charge in [0.2, 0.25) is 0 Å². The highest BCUT2D eigenvalue weighted by molar-refractivity contribution is 5.51. The molecule has 2 unspecified atom stereocenters. The summed E-state index contributed by atoms with van der Waals surface area (Å²) in [5, 5.41) is 50.0. The lowest BCUT2D eigenvalue weighted by Gasteiger charge is -2.24. The highest BCUT2D eigenvalue weighted by Crippen LogP contribution is 2.42. The largest absolute Gasteiger partial charge is 0.504 e. The van der Waals surface area contributed by atoms with Crippen LogP contribution in [0.2, 0.25) is 0 Å². The maximum absolute atomic E-state index is 10.8. The van der Waals surface area contributed by atoms with E-state index < -0.39 is 18.6 Å². The van der Waals surface area contributed by atoms with Crippen molar-refractivity contribution in [2.75, 3.05) is 27.4 Å². The number of phenols is 2. The quantitative estimate of drug-likeness (QED) is 0.452. The minimum Gasteiger partial charge on any atom is -0.504 e. The van der Waals surface area contributed by atoms with E-state index in [0.717, 1.165) is 5.56 Å². The Morgan fingerprint density at radius 2 is 1.67 bits per heavy atom. The molecule has 0 amide bonds. The standard InChI is InChI=1S/C20H26O7/c1-26-17-10-13(5-6-16(17)23)19(24)15(11-22)14-8-12(4-3-7-21)9-18(27-2)20(14)25/h5-6,8-10,15,19,21-25H,3-4,7,11H2,1-2H3. The normalized spacial score (nSPS) is 13.2. The number of methoxy groups -OCH3 is 2. The molecule has 2 rings (SSSR count). The molecule has 148 valence electrons. The lowest BCUT2D eigenvalue weighted by molar-refractivity contribution is 0.105. The zero-order valence-electron chi connectivity index (χ0n) is 15.4. The first-order valence-corrected chi connectivity index (χ1v) is 8.63. The first-order chi connectivity index (χ1) is 13.0. The van der Waals surface area contributed by atoms with E-state index in [-0.39, 0.29) is 29.6 Å². The van der Waals surface area contributed by atoms with E-state index in [4.69, 9.17) is 14.6 Å². The number of hydrogen-bond acceptors (Lipinski definition) is 7. The molecule has 2 aromatic carbocycles. The summed E-state index contributed by atoms with van der Waals surface area (Å²) in [6.07, 6.45) is -0.0655. The van der Waals surface area contributed by atoms with Gasteiger partial charge in [0.05, 0.1) is 26.9 Å². The van der Waals surface area contributed by atoms with E-state index >= 15 is 0 Å². The third-order valence-corrected chi connectivity index (χ3v) is 4.53. The van der Waals surface area contributed by atoms with E-state index in [1.807, 2.05) is 0 Å². The summed E-state index contributed by atoms with van der Waals surface area (Å²) in [7, 11) is 2.82. The average molecular weight is 378 g/mol. The highest BCUT2D eigenvalue weighted by atomic mass is 16.5. The second-order valence-electron chi connectivity index (χ2n) is 6.23. The third kappa shape index (κ3) is 4.63. The van der Waals surface area contributed by atoms with Gasteiger partial charge in [0, 0.05) is 18.1 Å². The summed E-state index contributed by atoms with van der Waals surface area (Å²) in [5.74, 6) is -0.628. The number of hydrogen-bond donors (Lipinski definition) is 5. The molecule has 0 aliphatic rings. The van der Waals surface area contributed by atoms with E-state index in [1.54, 1.807) is 12.1 Å². The topological polar surface area (TPSA) is 120 Å². The summed E-state index contributed by atoms with van der Waals surface area (Å²) in [4.78, 5) is 0. The van der Waals surface area contributed by atoms with Crippen molar-refractivity contribution in [1.29, 1.82) is 0 Å². The molecule has 0 saturated carbocycles. The first-order valence-electron chi connectivity index (χ1n) is 8.63. The Morgan fingerprint density at radius 1 is 0.963 bits per heavy atom. The molecule has 5 N–H and O–H groups in total. The SMILES string of the molecule is COc1cc(C(O)C(CO)c2cc(CCCO)cc(OC)c2O)ccc1O. The van der Waals surface area contributed by atoms with Crippen molar-refractivity contribution in [1.82, 2.24) is 0 Å². The van der Waals surface area contributed by atoms with Gasteiger partial charge in [-0.1, -0.05) is 12.1 Å². The lowest BCUT2D eigenvalue weighted by Crippen LogP contribution is -2.16. The minimum atomic E-state index is -1.16. The minimum absolute atomic E-state index is 0.0257. The predicted molar refractivity (Wildman–Crippen MR) is 99.5 cm³/mol. The molecule has 0 aliphatic carbocycles. The van der Waals surface area contributed by atoms with Crippen LogP contribution in [-0.2, 0) is 6.42 Å². The van der Waals surface area contributed by atoms with Gasteiger partial charge < -0.3 is 35.0 Å². The van der Waals surface area contributed by atoms with Crippen LogP contribution in [-0.4, -0.2) is 53.0 Å². The molecule has 0 aromatic heterocycles. The molecule has 0 radical (unpaired) electrons. The molecule has 0 fully saturated rings. The third-order valence-electron chi connectivity index (χ3n) is 4.53. The van der Waals surface area contributed by atoms with Crippen molar-refractivity contribution >= 4 is 0 Å². The number of aliphatic hydroxyl groups excluding tert-OH is 3. The lowest BCUT2D eigenvalue weighted by atomic mass is 9.87. The first kappa shape index (κ1) is 20.8. The molecule has 0 heterocycles. The molecule has 0 spiro atoms. The van der Waals surface area contributed by atoms with Crippen LogP contribution < -0.4 is 9.47 Å². The summed E-state index contributed by atoms with van der Waals surface area (Å²) in [6, 6.07) is 7.75. The Morgan fingerprint density at radius 3 is 2.26 bits per heavy atom. The molecule has 2 atom stereocenters. The van der Waals surface area contributed by atoms with E-state index in [9.17, 15) is 20.4 Å². The smallest absolute Gasteiger partial charge is 0.161 e. The summed E-state index contributed by atoms with van der Waals surface area (Å²) >= 11 is 0.